The highest BCUT2D eigenvalue weighted by Crippen LogP contribution is 2.22. The van der Waals surface area contributed by atoms with Gasteiger partial charge in [-0.25, -0.2) is 23.1 Å². The second-order valence-corrected chi connectivity index (χ2v) is 11.2. The lowest BCUT2D eigenvalue weighted by atomic mass is 10.1. The van der Waals surface area contributed by atoms with Gasteiger partial charge in [0.2, 0.25) is 16.0 Å². The van der Waals surface area contributed by atoms with Crippen LogP contribution in [0.4, 0.5) is 17.3 Å². The Hall–Kier alpha value is -3.90. The zero-order valence-corrected chi connectivity index (χ0v) is 23.4. The molecule has 0 amide bonds. The predicted molar refractivity (Wildman–Crippen MR) is 160 cm³/mol. The van der Waals surface area contributed by atoms with Crippen LogP contribution >= 0.6 is 12.2 Å². The van der Waals surface area contributed by atoms with Crippen LogP contribution in [0.15, 0.2) is 96.0 Å². The summed E-state index contributed by atoms with van der Waals surface area (Å²) in [5.74, 6) is 0.403. The second-order valence-electron chi connectivity index (χ2n) is 8.99. The van der Waals surface area contributed by atoms with Gasteiger partial charge >= 0.3 is 0 Å². The molecule has 4 rings (SSSR count). The molecule has 0 atom stereocenters. The van der Waals surface area contributed by atoms with Crippen LogP contribution in [0.5, 0.6) is 0 Å². The SMILES string of the molecule is CN(C)CCNS(=O)(=O)c1ccc(Nc2nccc(-c3ccc(NC(=S)NCc4ccccc4)cc3)n2)cc1. The van der Waals surface area contributed by atoms with Crippen molar-refractivity contribution in [3.8, 4) is 11.3 Å². The number of benzene rings is 3. The lowest BCUT2D eigenvalue weighted by Gasteiger charge is -2.12. The van der Waals surface area contributed by atoms with Gasteiger partial charge in [0, 0.05) is 42.8 Å². The molecule has 0 aliphatic heterocycles. The number of rotatable bonds is 11. The van der Waals surface area contributed by atoms with Crippen LogP contribution in [0.2, 0.25) is 0 Å². The van der Waals surface area contributed by atoms with Gasteiger partial charge in [0.05, 0.1) is 10.6 Å². The molecule has 4 N–H and O–H groups in total. The van der Waals surface area contributed by atoms with Crippen molar-refractivity contribution in [3.63, 3.8) is 0 Å². The molecule has 3 aromatic carbocycles. The molecule has 0 aliphatic carbocycles. The standard InChI is InChI=1S/C28H31N7O2S2/c1-35(2)19-18-31-39(36,37)25-14-12-23(13-15-25)32-27-29-17-16-26(34-27)22-8-10-24(11-9-22)33-28(38)30-20-21-6-4-3-5-7-21/h3-17,31H,18-20H2,1-2H3,(H,29,32,34)(H2,30,33,38). The number of nitrogens with zero attached hydrogens (tertiary/aromatic N) is 3. The summed E-state index contributed by atoms with van der Waals surface area (Å²) >= 11 is 5.41. The Morgan fingerprint density at radius 1 is 0.897 bits per heavy atom. The first-order valence-electron chi connectivity index (χ1n) is 12.3. The second kappa shape index (κ2) is 13.3. The van der Waals surface area contributed by atoms with Gasteiger partial charge in [-0.05, 0) is 74.3 Å². The summed E-state index contributed by atoms with van der Waals surface area (Å²) < 4.78 is 27.5. The monoisotopic (exact) mass is 561 g/mol. The first kappa shape index (κ1) is 28.1. The van der Waals surface area contributed by atoms with Crippen molar-refractivity contribution in [2.45, 2.75) is 11.4 Å². The van der Waals surface area contributed by atoms with Crippen LogP contribution in [0, 0.1) is 0 Å². The highest BCUT2D eigenvalue weighted by atomic mass is 32.2. The third kappa shape index (κ3) is 8.55. The van der Waals surface area contributed by atoms with E-state index in [0.29, 0.717) is 36.4 Å². The Bertz CT molecular complexity index is 1480. The first-order chi connectivity index (χ1) is 18.8. The Morgan fingerprint density at radius 3 is 2.28 bits per heavy atom. The molecule has 1 heterocycles. The van der Waals surface area contributed by atoms with E-state index in [0.717, 1.165) is 22.5 Å². The molecule has 39 heavy (non-hydrogen) atoms. The third-order valence-electron chi connectivity index (χ3n) is 5.66. The molecule has 0 aliphatic rings. The van der Waals surface area contributed by atoms with Gasteiger partial charge in [-0.15, -0.1) is 0 Å². The van der Waals surface area contributed by atoms with Crippen molar-refractivity contribution in [1.29, 1.82) is 0 Å². The largest absolute Gasteiger partial charge is 0.358 e. The number of hydrogen-bond acceptors (Lipinski definition) is 7. The van der Waals surface area contributed by atoms with E-state index in [1.165, 1.54) is 0 Å². The van der Waals surface area contributed by atoms with Crippen molar-refractivity contribution in [3.05, 3.63) is 96.7 Å². The number of hydrogen-bond donors (Lipinski definition) is 4. The van der Waals surface area contributed by atoms with E-state index in [9.17, 15) is 8.42 Å². The Balaban J connectivity index is 1.34. The van der Waals surface area contributed by atoms with Crippen LogP contribution in [0.3, 0.4) is 0 Å². The number of nitrogens with one attached hydrogen (secondary N) is 4. The zero-order valence-electron chi connectivity index (χ0n) is 21.8. The fourth-order valence-corrected chi connectivity index (χ4v) is 4.80. The van der Waals surface area contributed by atoms with Crippen LogP contribution in [-0.4, -0.2) is 55.6 Å². The van der Waals surface area contributed by atoms with Crippen LogP contribution in [0.1, 0.15) is 5.56 Å². The van der Waals surface area contributed by atoms with Crippen molar-refractivity contribution >= 4 is 44.7 Å². The first-order valence-corrected chi connectivity index (χ1v) is 14.2. The topological polar surface area (TPSA) is 111 Å². The van der Waals surface area contributed by atoms with Gasteiger partial charge in [-0.3, -0.25) is 0 Å². The van der Waals surface area contributed by atoms with E-state index in [1.54, 1.807) is 30.5 Å². The van der Waals surface area contributed by atoms with Gasteiger partial charge < -0.3 is 20.9 Å². The minimum atomic E-state index is -3.57. The molecule has 0 unspecified atom stereocenters. The summed E-state index contributed by atoms with van der Waals surface area (Å²) in [5, 5.41) is 10.1. The van der Waals surface area contributed by atoms with Gasteiger partial charge in [0.1, 0.15) is 0 Å². The molecule has 202 valence electrons. The summed E-state index contributed by atoms with van der Waals surface area (Å²) in [4.78, 5) is 11.0. The number of sulfonamides is 1. The summed E-state index contributed by atoms with van der Waals surface area (Å²) in [6.45, 7) is 1.60. The van der Waals surface area contributed by atoms with Crippen LogP contribution in [-0.2, 0) is 16.6 Å². The molecule has 0 bridgehead atoms. The Morgan fingerprint density at radius 2 is 1.59 bits per heavy atom. The maximum atomic E-state index is 12.5. The lowest BCUT2D eigenvalue weighted by Crippen LogP contribution is -2.31. The number of anilines is 3. The van der Waals surface area contributed by atoms with E-state index in [1.807, 2.05) is 79.7 Å². The molecule has 11 heteroatoms. The molecule has 1 aromatic heterocycles. The maximum absolute atomic E-state index is 12.5. The van der Waals surface area contributed by atoms with Gasteiger partial charge in [0.15, 0.2) is 5.11 Å². The fourth-order valence-electron chi connectivity index (χ4n) is 3.59. The maximum Gasteiger partial charge on any atom is 0.240 e. The van der Waals surface area contributed by atoms with Crippen LogP contribution in [0.25, 0.3) is 11.3 Å². The molecule has 0 radical (unpaired) electrons. The minimum absolute atomic E-state index is 0.199. The molecule has 4 aromatic rings. The molecule has 0 spiro atoms. The third-order valence-corrected chi connectivity index (χ3v) is 7.39. The predicted octanol–water partition coefficient (Wildman–Crippen LogP) is 4.21. The van der Waals surface area contributed by atoms with Crippen molar-refractivity contribution in [2.75, 3.05) is 37.8 Å². The van der Waals surface area contributed by atoms with Gasteiger partial charge in [0.25, 0.3) is 0 Å². The van der Waals surface area contributed by atoms with Crippen molar-refractivity contribution < 1.29 is 8.42 Å². The Labute approximate surface area is 234 Å². The van der Waals surface area contributed by atoms with E-state index >= 15 is 0 Å². The smallest absolute Gasteiger partial charge is 0.240 e. The molecule has 0 saturated heterocycles. The minimum Gasteiger partial charge on any atom is -0.358 e. The average molecular weight is 562 g/mol. The highest BCUT2D eigenvalue weighted by molar-refractivity contribution is 7.89. The molecule has 9 nitrogen and oxygen atoms in total. The number of aromatic nitrogens is 2. The zero-order chi connectivity index (χ0) is 27.7. The molecule has 0 fully saturated rings. The Kier molecular flexibility index (Phi) is 9.55. The van der Waals surface area contributed by atoms with Crippen molar-refractivity contribution in [2.24, 2.45) is 0 Å². The summed E-state index contributed by atoms with van der Waals surface area (Å²) in [6, 6.07) is 26.1. The quantitative estimate of drug-likeness (QED) is 0.200. The van der Waals surface area contributed by atoms with E-state index in [4.69, 9.17) is 12.2 Å². The molecular weight excluding hydrogens is 530 g/mol. The summed E-state index contributed by atoms with van der Waals surface area (Å²) in [5.41, 5.74) is 4.35. The van der Waals surface area contributed by atoms with Gasteiger partial charge in [-0.1, -0.05) is 42.5 Å². The molecule has 0 saturated carbocycles. The number of likely N-dealkylation sites (N-methyl/N-ethyl adjacent to an activating group) is 1. The van der Waals surface area contributed by atoms with E-state index in [-0.39, 0.29) is 4.90 Å². The summed E-state index contributed by atoms with van der Waals surface area (Å²) in [7, 11) is 0.211. The van der Waals surface area contributed by atoms with Gasteiger partial charge in [-0.2, -0.15) is 0 Å². The molecular formula is C28H31N7O2S2. The average Bonchev–Trinajstić information content (AvgIpc) is 2.93. The van der Waals surface area contributed by atoms with Crippen molar-refractivity contribution in [1.82, 2.24) is 24.9 Å². The summed E-state index contributed by atoms with van der Waals surface area (Å²) in [6.07, 6.45) is 1.67. The van der Waals surface area contributed by atoms with E-state index < -0.39 is 10.0 Å². The highest BCUT2D eigenvalue weighted by Gasteiger charge is 2.13. The normalized spacial score (nSPS) is 11.3. The fraction of sp³-hybridized carbons (Fsp3) is 0.179. The van der Waals surface area contributed by atoms with E-state index in [2.05, 4.69) is 30.6 Å². The van der Waals surface area contributed by atoms with Crippen LogP contribution < -0.4 is 20.7 Å². The lowest BCUT2D eigenvalue weighted by molar-refractivity contribution is 0.412. The number of thiocarbonyl (C=S) groups is 1.